The third-order valence-corrected chi connectivity index (χ3v) is 3.36. The third kappa shape index (κ3) is 2.77. The molecule has 2 aromatic heterocycles. The molecule has 0 saturated carbocycles. The van der Waals surface area contributed by atoms with Gasteiger partial charge < -0.3 is 5.11 Å². The number of hydrogen-bond acceptors (Lipinski definition) is 6. The van der Waals surface area contributed by atoms with E-state index in [2.05, 4.69) is 15.2 Å². The average Bonchev–Trinajstić information content (AvgIpc) is 2.31. The third-order valence-electron chi connectivity index (χ3n) is 2.40. The number of carboxylic acid groups (broad SMARTS) is 1. The van der Waals surface area contributed by atoms with Crippen molar-refractivity contribution in [2.75, 3.05) is 0 Å². The molecule has 0 unspecified atom stereocenters. The summed E-state index contributed by atoms with van der Waals surface area (Å²) in [5, 5.41) is 14.9. The van der Waals surface area contributed by atoms with Gasteiger partial charge in [0.15, 0.2) is 5.03 Å². The lowest BCUT2D eigenvalue weighted by Gasteiger charge is -2.08. The van der Waals surface area contributed by atoms with Gasteiger partial charge in [0, 0.05) is 5.69 Å². The van der Waals surface area contributed by atoms with Gasteiger partial charge in [-0.25, -0.2) is 19.7 Å². The van der Waals surface area contributed by atoms with Gasteiger partial charge in [0.25, 0.3) is 5.56 Å². The van der Waals surface area contributed by atoms with Crippen LogP contribution in [0.1, 0.15) is 21.6 Å². The Labute approximate surface area is 116 Å². The van der Waals surface area contributed by atoms with Crippen LogP contribution in [0.3, 0.4) is 0 Å². The van der Waals surface area contributed by atoms with Crippen molar-refractivity contribution in [1.82, 2.24) is 20.2 Å². The molecule has 2 aromatic rings. The summed E-state index contributed by atoms with van der Waals surface area (Å²) in [5.41, 5.74) is -0.264. The van der Waals surface area contributed by atoms with Gasteiger partial charge in [-0.1, -0.05) is 0 Å². The van der Waals surface area contributed by atoms with Crippen molar-refractivity contribution in [2.45, 2.75) is 23.9 Å². The zero-order valence-corrected chi connectivity index (χ0v) is 11.4. The van der Waals surface area contributed by atoms with Crippen LogP contribution < -0.4 is 11.2 Å². The summed E-state index contributed by atoms with van der Waals surface area (Å²) in [5.74, 6) is -1.14. The molecule has 0 aliphatic rings. The molecule has 0 radical (unpaired) electrons. The van der Waals surface area contributed by atoms with E-state index < -0.39 is 17.2 Å². The van der Waals surface area contributed by atoms with E-state index in [0.29, 0.717) is 11.3 Å². The Bertz CT molecular complexity index is 796. The number of carboxylic acids is 1. The Kier molecular flexibility index (Phi) is 3.70. The Hall–Kier alpha value is -2.42. The van der Waals surface area contributed by atoms with Gasteiger partial charge in [0.1, 0.15) is 5.03 Å². The first-order valence-corrected chi connectivity index (χ1v) is 6.28. The molecule has 104 valence electrons. The lowest BCUT2D eigenvalue weighted by molar-refractivity contribution is 0.0691. The van der Waals surface area contributed by atoms with Crippen molar-refractivity contribution >= 4 is 17.7 Å². The van der Waals surface area contributed by atoms with Crippen LogP contribution in [0.2, 0.25) is 0 Å². The van der Waals surface area contributed by atoms with Gasteiger partial charge in [-0.15, -0.1) is 0 Å². The lowest BCUT2D eigenvalue weighted by Crippen LogP contribution is -2.25. The molecule has 2 heterocycles. The van der Waals surface area contributed by atoms with Crippen LogP contribution in [0, 0.1) is 13.8 Å². The van der Waals surface area contributed by atoms with Crippen LogP contribution in [-0.4, -0.2) is 31.2 Å². The maximum Gasteiger partial charge on any atom is 0.342 e. The summed E-state index contributed by atoms with van der Waals surface area (Å²) in [6, 6.07) is 1.64. The van der Waals surface area contributed by atoms with Crippen molar-refractivity contribution < 1.29 is 9.90 Å². The summed E-state index contributed by atoms with van der Waals surface area (Å²) < 4.78 is 0. The van der Waals surface area contributed by atoms with E-state index in [-0.39, 0.29) is 15.6 Å². The zero-order valence-electron chi connectivity index (χ0n) is 10.6. The van der Waals surface area contributed by atoms with Gasteiger partial charge in [0.2, 0.25) is 0 Å². The van der Waals surface area contributed by atoms with Crippen LogP contribution in [-0.2, 0) is 0 Å². The second-order valence-electron chi connectivity index (χ2n) is 3.98. The predicted molar refractivity (Wildman–Crippen MR) is 70.3 cm³/mol. The molecular weight excluding hydrogens is 284 g/mol. The van der Waals surface area contributed by atoms with E-state index >= 15 is 0 Å². The van der Waals surface area contributed by atoms with E-state index in [4.69, 9.17) is 0 Å². The number of aromatic amines is 2. The number of nitrogens with zero attached hydrogens (tertiary/aromatic N) is 2. The number of aryl methyl sites for hydroxylation is 2. The molecule has 0 bridgehead atoms. The summed E-state index contributed by atoms with van der Waals surface area (Å²) in [4.78, 5) is 39.8. The van der Waals surface area contributed by atoms with Crippen molar-refractivity contribution in [2.24, 2.45) is 0 Å². The Morgan fingerprint density at radius 3 is 2.60 bits per heavy atom. The number of rotatable bonds is 3. The van der Waals surface area contributed by atoms with Crippen molar-refractivity contribution in [1.29, 1.82) is 0 Å². The maximum atomic E-state index is 11.6. The molecule has 0 aliphatic heterocycles. The molecule has 0 aromatic carbocycles. The maximum absolute atomic E-state index is 11.6. The van der Waals surface area contributed by atoms with Gasteiger partial charge >= 0.3 is 11.7 Å². The highest BCUT2D eigenvalue weighted by Crippen LogP contribution is 2.27. The van der Waals surface area contributed by atoms with Crippen molar-refractivity contribution in [3.05, 3.63) is 43.7 Å². The Morgan fingerprint density at radius 2 is 2.00 bits per heavy atom. The molecule has 0 spiro atoms. The number of aromatic nitrogens is 4. The molecule has 0 saturated heterocycles. The Morgan fingerprint density at radius 1 is 1.30 bits per heavy atom. The first-order valence-electron chi connectivity index (χ1n) is 5.47. The highest BCUT2D eigenvalue weighted by atomic mass is 32.2. The van der Waals surface area contributed by atoms with E-state index in [1.807, 2.05) is 4.98 Å². The standard InChI is InChI=1S/C11H10N4O4S/c1-4-3-5(2)12-8(6(4)10(17)18)20-9-7(16)13-11(19)15-14-9/h3H,1-2H3,(H,17,18)(H2,13,15,16,19). The van der Waals surface area contributed by atoms with Gasteiger partial charge in [-0.2, -0.15) is 5.10 Å². The summed E-state index contributed by atoms with van der Waals surface area (Å²) in [7, 11) is 0. The van der Waals surface area contributed by atoms with Crippen LogP contribution in [0.15, 0.2) is 25.7 Å². The summed E-state index contributed by atoms with van der Waals surface area (Å²) in [6.07, 6.45) is 0. The number of nitrogens with one attached hydrogen (secondary N) is 2. The fourth-order valence-corrected chi connectivity index (χ4v) is 2.59. The van der Waals surface area contributed by atoms with Gasteiger partial charge in [-0.05, 0) is 37.2 Å². The highest BCUT2D eigenvalue weighted by molar-refractivity contribution is 7.99. The summed E-state index contributed by atoms with van der Waals surface area (Å²) >= 11 is 0.789. The van der Waals surface area contributed by atoms with Gasteiger partial charge in [0.05, 0.1) is 5.56 Å². The van der Waals surface area contributed by atoms with Crippen LogP contribution >= 0.6 is 11.8 Å². The first kappa shape index (κ1) is 14.0. The number of hydrogen-bond donors (Lipinski definition) is 3. The van der Waals surface area contributed by atoms with Gasteiger partial charge in [-0.3, -0.25) is 9.78 Å². The molecule has 9 heteroatoms. The number of carbonyl (C=O) groups is 1. The number of pyridine rings is 1. The second kappa shape index (κ2) is 5.29. The molecule has 0 aliphatic carbocycles. The first-order chi connectivity index (χ1) is 9.38. The molecule has 8 nitrogen and oxygen atoms in total. The van der Waals surface area contributed by atoms with Crippen LogP contribution in [0.25, 0.3) is 0 Å². The molecule has 0 atom stereocenters. The molecule has 0 amide bonds. The molecule has 3 N–H and O–H groups in total. The average molecular weight is 294 g/mol. The SMILES string of the molecule is Cc1cc(C)c(C(=O)O)c(Sc2n[nH]c(=O)[nH]c2=O)n1. The minimum atomic E-state index is -1.14. The molecule has 2 rings (SSSR count). The fourth-order valence-electron chi connectivity index (χ4n) is 1.63. The Balaban J connectivity index is 2.55. The van der Waals surface area contributed by atoms with E-state index in [9.17, 15) is 19.5 Å². The molecular formula is C11H10N4O4S. The monoisotopic (exact) mass is 294 g/mol. The minimum absolute atomic E-state index is 0.00741. The molecule has 0 fully saturated rings. The number of H-pyrrole nitrogens is 2. The predicted octanol–water partition coefficient (Wildman–Crippen LogP) is 0.319. The van der Waals surface area contributed by atoms with Crippen LogP contribution in [0.5, 0.6) is 0 Å². The van der Waals surface area contributed by atoms with Crippen LogP contribution in [0.4, 0.5) is 0 Å². The summed E-state index contributed by atoms with van der Waals surface area (Å²) in [6.45, 7) is 3.36. The van der Waals surface area contributed by atoms with Crippen molar-refractivity contribution in [3.8, 4) is 0 Å². The lowest BCUT2D eigenvalue weighted by atomic mass is 10.1. The topological polar surface area (TPSA) is 129 Å². The van der Waals surface area contributed by atoms with Crippen molar-refractivity contribution in [3.63, 3.8) is 0 Å². The minimum Gasteiger partial charge on any atom is -0.478 e. The fraction of sp³-hybridized carbons (Fsp3) is 0.182. The normalized spacial score (nSPS) is 10.5. The van der Waals surface area contributed by atoms with E-state index in [1.54, 1.807) is 19.9 Å². The second-order valence-corrected chi connectivity index (χ2v) is 4.96. The largest absolute Gasteiger partial charge is 0.478 e. The smallest absolute Gasteiger partial charge is 0.342 e. The highest BCUT2D eigenvalue weighted by Gasteiger charge is 2.18. The number of aromatic carboxylic acids is 1. The van der Waals surface area contributed by atoms with E-state index in [0.717, 1.165) is 11.8 Å². The van der Waals surface area contributed by atoms with E-state index in [1.165, 1.54) is 0 Å². The quantitative estimate of drug-likeness (QED) is 0.743. The molecule has 20 heavy (non-hydrogen) atoms. The zero-order chi connectivity index (χ0) is 14.9.